The Balaban J connectivity index is 1.72. The molecule has 2 heterocycles. The van der Waals surface area contributed by atoms with Crippen LogP contribution >= 0.6 is 0 Å². The molecule has 2 aliphatic heterocycles. The number of hydrogen-bond acceptors (Lipinski definition) is 3. The van der Waals surface area contributed by atoms with Crippen molar-refractivity contribution < 1.29 is 0 Å². The number of rotatable bonds is 3. The van der Waals surface area contributed by atoms with Gasteiger partial charge >= 0.3 is 0 Å². The van der Waals surface area contributed by atoms with Gasteiger partial charge in [-0.2, -0.15) is 0 Å². The molecule has 2 unspecified atom stereocenters. The maximum atomic E-state index is 6.20. The summed E-state index contributed by atoms with van der Waals surface area (Å²) in [5, 5.41) is 0. The summed E-state index contributed by atoms with van der Waals surface area (Å²) in [5.41, 5.74) is 7.91. The Kier molecular flexibility index (Phi) is 4.11. The molecule has 0 amide bonds. The van der Waals surface area contributed by atoms with Crippen LogP contribution < -0.4 is 5.73 Å². The molecule has 2 fully saturated rings. The summed E-state index contributed by atoms with van der Waals surface area (Å²) in [5.74, 6) is 0.687. The molecule has 0 radical (unpaired) electrons. The van der Waals surface area contributed by atoms with Crippen LogP contribution in [0.3, 0.4) is 0 Å². The minimum atomic E-state index is 0.219. The summed E-state index contributed by atoms with van der Waals surface area (Å²) in [6, 6.07) is 11.0. The van der Waals surface area contributed by atoms with E-state index >= 15 is 0 Å². The Morgan fingerprint density at radius 1 is 1.25 bits per heavy atom. The van der Waals surface area contributed by atoms with Crippen molar-refractivity contribution in [3.63, 3.8) is 0 Å². The van der Waals surface area contributed by atoms with Crippen LogP contribution in [0.5, 0.6) is 0 Å². The zero-order valence-electron chi connectivity index (χ0n) is 12.6. The van der Waals surface area contributed by atoms with Crippen molar-refractivity contribution in [1.29, 1.82) is 0 Å². The van der Waals surface area contributed by atoms with E-state index in [1.54, 1.807) is 0 Å². The van der Waals surface area contributed by atoms with Crippen molar-refractivity contribution in [1.82, 2.24) is 9.80 Å². The Morgan fingerprint density at radius 2 is 2.05 bits per heavy atom. The fourth-order valence-corrected chi connectivity index (χ4v) is 4.08. The number of likely N-dealkylation sites (N-methyl/N-ethyl adjacent to an activating group) is 1. The van der Waals surface area contributed by atoms with Crippen molar-refractivity contribution in [3.8, 4) is 0 Å². The fourth-order valence-electron chi connectivity index (χ4n) is 4.08. The lowest BCUT2D eigenvalue weighted by atomic mass is 9.87. The Morgan fingerprint density at radius 3 is 2.75 bits per heavy atom. The van der Waals surface area contributed by atoms with Crippen LogP contribution in [-0.4, -0.2) is 55.1 Å². The van der Waals surface area contributed by atoms with Gasteiger partial charge in [-0.15, -0.1) is 0 Å². The molecule has 0 aromatic heterocycles. The maximum Gasteiger partial charge on any atom is 0.0458 e. The van der Waals surface area contributed by atoms with Crippen molar-refractivity contribution in [2.75, 3.05) is 39.8 Å². The summed E-state index contributed by atoms with van der Waals surface area (Å²) < 4.78 is 0. The molecular weight excluding hydrogens is 246 g/mol. The first-order valence-corrected chi connectivity index (χ1v) is 7.92. The van der Waals surface area contributed by atoms with Gasteiger partial charge in [0.1, 0.15) is 0 Å². The smallest absolute Gasteiger partial charge is 0.0458 e. The van der Waals surface area contributed by atoms with Crippen molar-refractivity contribution in [2.45, 2.75) is 30.7 Å². The van der Waals surface area contributed by atoms with Crippen LogP contribution in [0.2, 0.25) is 0 Å². The summed E-state index contributed by atoms with van der Waals surface area (Å²) in [6.45, 7) is 5.52. The molecule has 0 spiro atoms. The normalized spacial score (nSPS) is 32.6. The van der Waals surface area contributed by atoms with E-state index in [1.807, 2.05) is 0 Å². The molecule has 2 saturated heterocycles. The molecule has 0 saturated carbocycles. The highest BCUT2D eigenvalue weighted by molar-refractivity contribution is 5.21. The third-order valence-electron chi connectivity index (χ3n) is 5.26. The molecule has 3 heteroatoms. The van der Waals surface area contributed by atoms with Gasteiger partial charge in [-0.3, -0.25) is 4.90 Å². The minimum absolute atomic E-state index is 0.219. The predicted octanol–water partition coefficient (Wildman–Crippen LogP) is 1.90. The van der Waals surface area contributed by atoms with Crippen molar-refractivity contribution >= 4 is 0 Å². The number of hydrogen-bond donors (Lipinski definition) is 1. The van der Waals surface area contributed by atoms with Gasteiger partial charge in [0.25, 0.3) is 0 Å². The summed E-state index contributed by atoms with van der Waals surface area (Å²) in [7, 11) is 2.23. The third-order valence-corrected chi connectivity index (χ3v) is 5.26. The fraction of sp³-hybridized carbons (Fsp3) is 0.647. The summed E-state index contributed by atoms with van der Waals surface area (Å²) >= 11 is 0. The van der Waals surface area contributed by atoms with E-state index in [2.05, 4.69) is 47.2 Å². The minimum Gasteiger partial charge on any atom is -0.329 e. The van der Waals surface area contributed by atoms with Gasteiger partial charge in [0.15, 0.2) is 0 Å². The Labute approximate surface area is 122 Å². The number of nitrogens with two attached hydrogens (primary N) is 1. The second-order valence-corrected chi connectivity index (χ2v) is 6.61. The Hall–Kier alpha value is -0.900. The highest BCUT2D eigenvalue weighted by atomic mass is 15.3. The average molecular weight is 273 g/mol. The van der Waals surface area contributed by atoms with Gasteiger partial charge < -0.3 is 10.6 Å². The molecule has 2 aliphatic rings. The average Bonchev–Trinajstić information content (AvgIpc) is 2.98. The van der Waals surface area contributed by atoms with Crippen molar-refractivity contribution in [2.24, 2.45) is 5.73 Å². The molecule has 2 N–H and O–H groups in total. The maximum absolute atomic E-state index is 6.20. The molecule has 0 bridgehead atoms. The van der Waals surface area contributed by atoms with E-state index in [4.69, 9.17) is 5.73 Å². The first-order valence-electron chi connectivity index (χ1n) is 7.92. The second kappa shape index (κ2) is 5.84. The van der Waals surface area contributed by atoms with Crippen LogP contribution in [0.1, 0.15) is 30.7 Å². The number of piperidine rings is 1. The highest BCUT2D eigenvalue weighted by Gasteiger charge is 2.42. The topological polar surface area (TPSA) is 32.5 Å². The molecule has 2 atom stereocenters. The molecule has 110 valence electrons. The highest BCUT2D eigenvalue weighted by Crippen LogP contribution is 2.35. The number of benzene rings is 1. The Bertz CT molecular complexity index is 433. The summed E-state index contributed by atoms with van der Waals surface area (Å²) in [4.78, 5) is 5.13. The lowest BCUT2D eigenvalue weighted by molar-refractivity contribution is 0.0424. The van der Waals surface area contributed by atoms with Crippen LogP contribution in [0.25, 0.3) is 0 Å². The van der Waals surface area contributed by atoms with E-state index in [-0.39, 0.29) is 5.54 Å². The molecular formula is C17H27N3. The third kappa shape index (κ3) is 2.62. The molecule has 20 heavy (non-hydrogen) atoms. The van der Waals surface area contributed by atoms with E-state index < -0.39 is 0 Å². The first-order chi connectivity index (χ1) is 9.73. The lowest BCUT2D eigenvalue weighted by Crippen LogP contribution is -2.61. The molecule has 1 aromatic rings. The van der Waals surface area contributed by atoms with Crippen LogP contribution in [0.15, 0.2) is 30.3 Å². The first kappa shape index (κ1) is 14.1. The van der Waals surface area contributed by atoms with E-state index in [0.29, 0.717) is 5.92 Å². The van der Waals surface area contributed by atoms with Gasteiger partial charge in [-0.25, -0.2) is 0 Å². The lowest BCUT2D eigenvalue weighted by Gasteiger charge is -2.47. The molecule has 3 rings (SSSR count). The monoisotopic (exact) mass is 273 g/mol. The van der Waals surface area contributed by atoms with Crippen LogP contribution in [0.4, 0.5) is 0 Å². The van der Waals surface area contributed by atoms with Crippen molar-refractivity contribution in [3.05, 3.63) is 35.9 Å². The van der Waals surface area contributed by atoms with E-state index in [9.17, 15) is 0 Å². The quantitative estimate of drug-likeness (QED) is 0.913. The second-order valence-electron chi connectivity index (χ2n) is 6.61. The largest absolute Gasteiger partial charge is 0.329 e. The van der Waals surface area contributed by atoms with Gasteiger partial charge in [0.05, 0.1) is 0 Å². The van der Waals surface area contributed by atoms with Crippen LogP contribution in [0, 0.1) is 0 Å². The van der Waals surface area contributed by atoms with E-state index in [0.717, 1.165) is 13.1 Å². The zero-order valence-corrected chi connectivity index (χ0v) is 12.6. The SMILES string of the molecule is CN1CCCC(CN)(N2CCC(c3ccccc3)C2)C1. The van der Waals surface area contributed by atoms with Gasteiger partial charge in [-0.1, -0.05) is 30.3 Å². The summed E-state index contributed by atoms with van der Waals surface area (Å²) in [6.07, 6.45) is 3.81. The number of nitrogens with zero attached hydrogens (tertiary/aromatic N) is 2. The molecule has 1 aromatic carbocycles. The van der Waals surface area contributed by atoms with Gasteiger partial charge in [0.2, 0.25) is 0 Å². The van der Waals surface area contributed by atoms with E-state index in [1.165, 1.54) is 44.5 Å². The zero-order chi connectivity index (χ0) is 14.0. The standard InChI is InChI=1S/C17H27N3/c1-19-10-5-9-17(13-18,14-19)20-11-8-16(12-20)15-6-3-2-4-7-15/h2-4,6-7,16H,5,8-14,18H2,1H3. The van der Waals surface area contributed by atoms with Gasteiger partial charge in [0, 0.05) is 25.2 Å². The predicted molar refractivity (Wildman–Crippen MR) is 83.9 cm³/mol. The molecule has 3 nitrogen and oxygen atoms in total. The van der Waals surface area contributed by atoms with Gasteiger partial charge in [-0.05, 0) is 50.9 Å². The molecule has 0 aliphatic carbocycles. The number of likely N-dealkylation sites (tertiary alicyclic amines) is 2. The van der Waals surface area contributed by atoms with Crippen LogP contribution in [-0.2, 0) is 0 Å².